The van der Waals surface area contributed by atoms with Gasteiger partial charge in [-0.15, -0.1) is 0 Å². The van der Waals surface area contributed by atoms with Crippen molar-refractivity contribution in [2.75, 3.05) is 26.2 Å². The van der Waals surface area contributed by atoms with Crippen molar-refractivity contribution in [3.63, 3.8) is 0 Å². The molecule has 1 unspecified atom stereocenters. The second-order valence-corrected chi connectivity index (χ2v) is 5.81. The molecule has 18 heavy (non-hydrogen) atoms. The molecule has 0 aromatic heterocycles. The van der Waals surface area contributed by atoms with E-state index in [1.165, 1.54) is 51.6 Å². The summed E-state index contributed by atoms with van der Waals surface area (Å²) in [7, 11) is 0. The predicted molar refractivity (Wildman–Crippen MR) is 73.2 cm³/mol. The zero-order valence-corrected chi connectivity index (χ0v) is 11.1. The van der Waals surface area contributed by atoms with Gasteiger partial charge in [0.15, 0.2) is 0 Å². The average molecular weight is 251 g/mol. The Labute approximate surface area is 109 Å². The van der Waals surface area contributed by atoms with Gasteiger partial charge in [-0.3, -0.25) is 10.3 Å². The minimum Gasteiger partial charge on any atom is -0.340 e. The van der Waals surface area contributed by atoms with Crippen LogP contribution in [0.4, 0.5) is 0 Å². The first-order valence-electron chi connectivity index (χ1n) is 7.40. The molecular weight excluding hydrogens is 226 g/mol. The van der Waals surface area contributed by atoms with E-state index in [4.69, 9.17) is 5.84 Å². The van der Waals surface area contributed by atoms with Crippen LogP contribution in [0.25, 0.3) is 0 Å². The summed E-state index contributed by atoms with van der Waals surface area (Å²) < 4.78 is 0. The number of hydrazine groups is 1. The van der Waals surface area contributed by atoms with Crippen LogP contribution < -0.4 is 11.3 Å². The summed E-state index contributed by atoms with van der Waals surface area (Å²) >= 11 is 0. The normalized spacial score (nSPS) is 30.8. The van der Waals surface area contributed by atoms with Crippen LogP contribution >= 0.6 is 0 Å². The van der Waals surface area contributed by atoms with Crippen molar-refractivity contribution in [1.82, 2.24) is 15.2 Å². The van der Waals surface area contributed by atoms with Crippen molar-refractivity contribution < 1.29 is 0 Å². The molecule has 0 spiro atoms. The standard InChI is InChI=1S/C13H25N5/c14-16-13(15-11-4-5-11)18-9-6-12(10-18)17-7-2-1-3-8-17/h11-12H,1-10,14H2,(H,15,16). The molecule has 3 aliphatic rings. The summed E-state index contributed by atoms with van der Waals surface area (Å²) in [5, 5.41) is 0. The van der Waals surface area contributed by atoms with Crippen molar-refractivity contribution in [2.45, 2.75) is 50.6 Å². The van der Waals surface area contributed by atoms with E-state index in [2.05, 4.69) is 20.2 Å². The van der Waals surface area contributed by atoms with Gasteiger partial charge in [0, 0.05) is 19.1 Å². The maximum atomic E-state index is 5.62. The Morgan fingerprint density at radius 3 is 2.50 bits per heavy atom. The van der Waals surface area contributed by atoms with Crippen molar-refractivity contribution in [1.29, 1.82) is 0 Å². The summed E-state index contributed by atoms with van der Waals surface area (Å²) in [4.78, 5) is 9.65. The van der Waals surface area contributed by atoms with E-state index in [9.17, 15) is 0 Å². The molecule has 2 aliphatic heterocycles. The van der Waals surface area contributed by atoms with E-state index in [1.54, 1.807) is 0 Å². The summed E-state index contributed by atoms with van der Waals surface area (Å²) in [6, 6.07) is 1.24. The quantitative estimate of drug-likeness (QED) is 0.325. The van der Waals surface area contributed by atoms with Gasteiger partial charge in [-0.25, -0.2) is 10.8 Å². The molecule has 102 valence electrons. The highest BCUT2D eigenvalue weighted by molar-refractivity contribution is 5.80. The maximum absolute atomic E-state index is 5.62. The largest absolute Gasteiger partial charge is 0.340 e. The lowest BCUT2D eigenvalue weighted by atomic mass is 10.1. The number of guanidine groups is 1. The lowest BCUT2D eigenvalue weighted by molar-refractivity contribution is 0.168. The first-order valence-corrected chi connectivity index (χ1v) is 7.40. The molecule has 5 nitrogen and oxygen atoms in total. The molecule has 2 saturated heterocycles. The van der Waals surface area contributed by atoms with E-state index in [1.807, 2.05) is 0 Å². The Kier molecular flexibility index (Phi) is 3.70. The Morgan fingerprint density at radius 2 is 1.83 bits per heavy atom. The first kappa shape index (κ1) is 12.2. The Morgan fingerprint density at radius 1 is 1.06 bits per heavy atom. The second-order valence-electron chi connectivity index (χ2n) is 5.81. The molecule has 0 aromatic carbocycles. The monoisotopic (exact) mass is 251 g/mol. The van der Waals surface area contributed by atoms with E-state index < -0.39 is 0 Å². The number of likely N-dealkylation sites (tertiary alicyclic amines) is 2. The second kappa shape index (κ2) is 5.45. The van der Waals surface area contributed by atoms with E-state index in [-0.39, 0.29) is 0 Å². The number of nitrogens with two attached hydrogens (primary N) is 1. The minimum absolute atomic E-state index is 0.532. The third-order valence-corrected chi connectivity index (χ3v) is 4.35. The Bertz CT molecular complexity index is 307. The molecule has 3 fully saturated rings. The molecule has 5 heteroatoms. The van der Waals surface area contributed by atoms with Crippen LogP contribution in [0.1, 0.15) is 38.5 Å². The average Bonchev–Trinajstić information content (AvgIpc) is 3.11. The molecule has 1 atom stereocenters. The fourth-order valence-electron chi connectivity index (χ4n) is 3.10. The third-order valence-electron chi connectivity index (χ3n) is 4.35. The summed E-state index contributed by atoms with van der Waals surface area (Å²) in [5.74, 6) is 6.53. The number of hydrogen-bond acceptors (Lipinski definition) is 3. The molecule has 3 rings (SSSR count). The van der Waals surface area contributed by atoms with Gasteiger partial charge in [0.1, 0.15) is 0 Å². The zero-order chi connectivity index (χ0) is 12.4. The van der Waals surface area contributed by atoms with Crippen LogP contribution in [0.3, 0.4) is 0 Å². The molecule has 2 heterocycles. The zero-order valence-electron chi connectivity index (χ0n) is 11.1. The van der Waals surface area contributed by atoms with E-state index >= 15 is 0 Å². The van der Waals surface area contributed by atoms with Crippen molar-refractivity contribution in [3.05, 3.63) is 0 Å². The molecule has 0 bridgehead atoms. The first-order chi connectivity index (χ1) is 8.86. The Balaban J connectivity index is 1.56. The van der Waals surface area contributed by atoms with Gasteiger partial charge in [-0.2, -0.15) is 0 Å². The van der Waals surface area contributed by atoms with Gasteiger partial charge < -0.3 is 4.90 Å². The smallest absolute Gasteiger partial charge is 0.208 e. The number of nitrogens with zero attached hydrogens (tertiary/aromatic N) is 3. The maximum Gasteiger partial charge on any atom is 0.208 e. The van der Waals surface area contributed by atoms with Crippen LogP contribution in [0, 0.1) is 0 Å². The number of piperidine rings is 1. The predicted octanol–water partition coefficient (Wildman–Crippen LogP) is 0.528. The van der Waals surface area contributed by atoms with Crippen molar-refractivity contribution >= 4 is 5.96 Å². The van der Waals surface area contributed by atoms with Crippen LogP contribution in [-0.4, -0.2) is 54.0 Å². The molecule has 3 N–H and O–H groups in total. The molecule has 1 saturated carbocycles. The lowest BCUT2D eigenvalue weighted by Gasteiger charge is -2.32. The van der Waals surface area contributed by atoms with Crippen LogP contribution in [-0.2, 0) is 0 Å². The van der Waals surface area contributed by atoms with Crippen LogP contribution in [0.15, 0.2) is 4.99 Å². The van der Waals surface area contributed by atoms with Crippen LogP contribution in [0.2, 0.25) is 0 Å². The van der Waals surface area contributed by atoms with Gasteiger partial charge in [-0.1, -0.05) is 6.42 Å². The highest BCUT2D eigenvalue weighted by Gasteiger charge is 2.31. The van der Waals surface area contributed by atoms with E-state index in [0.717, 1.165) is 19.0 Å². The molecule has 0 aromatic rings. The summed E-state index contributed by atoms with van der Waals surface area (Å²) in [5.41, 5.74) is 2.80. The van der Waals surface area contributed by atoms with Crippen LogP contribution in [0.5, 0.6) is 0 Å². The molecule has 0 radical (unpaired) electrons. The molecule has 1 aliphatic carbocycles. The fraction of sp³-hybridized carbons (Fsp3) is 0.923. The summed E-state index contributed by atoms with van der Waals surface area (Å²) in [6.07, 6.45) is 7.86. The Hall–Kier alpha value is -0.810. The topological polar surface area (TPSA) is 56.9 Å². The number of nitrogens with one attached hydrogen (secondary N) is 1. The fourth-order valence-corrected chi connectivity index (χ4v) is 3.10. The molecule has 0 amide bonds. The van der Waals surface area contributed by atoms with Gasteiger partial charge >= 0.3 is 0 Å². The summed E-state index contributed by atoms with van der Waals surface area (Å²) in [6.45, 7) is 4.75. The van der Waals surface area contributed by atoms with Gasteiger partial charge in [0.25, 0.3) is 0 Å². The highest BCUT2D eigenvalue weighted by Crippen LogP contribution is 2.25. The van der Waals surface area contributed by atoms with Crippen molar-refractivity contribution in [3.8, 4) is 0 Å². The van der Waals surface area contributed by atoms with E-state index in [0.29, 0.717) is 12.1 Å². The minimum atomic E-state index is 0.532. The van der Waals surface area contributed by atoms with Gasteiger partial charge in [-0.05, 0) is 45.2 Å². The number of hydrogen-bond donors (Lipinski definition) is 2. The SMILES string of the molecule is NNC(=NC1CC1)N1CCC(N2CCCCC2)C1. The lowest BCUT2D eigenvalue weighted by Crippen LogP contribution is -2.46. The van der Waals surface area contributed by atoms with Crippen molar-refractivity contribution in [2.24, 2.45) is 10.8 Å². The van der Waals surface area contributed by atoms with Gasteiger partial charge in [0.05, 0.1) is 6.04 Å². The highest BCUT2D eigenvalue weighted by atomic mass is 15.4. The number of aliphatic imine (C=N–C) groups is 1. The number of rotatable bonds is 2. The third kappa shape index (κ3) is 2.78. The molecular formula is C13H25N5. The van der Waals surface area contributed by atoms with Gasteiger partial charge in [0.2, 0.25) is 5.96 Å².